The number of para-hydroxylation sites is 1. The van der Waals surface area contributed by atoms with Crippen molar-refractivity contribution in [3.8, 4) is 0 Å². The van der Waals surface area contributed by atoms with Crippen LogP contribution in [0.25, 0.3) is 0 Å². The van der Waals surface area contributed by atoms with Crippen LogP contribution in [0.15, 0.2) is 84.3 Å². The van der Waals surface area contributed by atoms with Crippen LogP contribution in [0.4, 0.5) is 11.4 Å². The molecule has 33 heavy (non-hydrogen) atoms. The van der Waals surface area contributed by atoms with E-state index >= 15 is 0 Å². The van der Waals surface area contributed by atoms with Gasteiger partial charge in [0.25, 0.3) is 21.8 Å². The van der Waals surface area contributed by atoms with E-state index in [9.17, 15) is 18.0 Å². The van der Waals surface area contributed by atoms with Gasteiger partial charge in [0.1, 0.15) is 0 Å². The predicted molar refractivity (Wildman–Crippen MR) is 130 cm³/mol. The van der Waals surface area contributed by atoms with Crippen molar-refractivity contribution in [1.82, 2.24) is 5.32 Å². The molecule has 3 aromatic carbocycles. The van der Waals surface area contributed by atoms with Gasteiger partial charge in [-0.25, -0.2) is 8.42 Å². The van der Waals surface area contributed by atoms with Gasteiger partial charge in [0.2, 0.25) is 0 Å². The van der Waals surface area contributed by atoms with Gasteiger partial charge in [0, 0.05) is 12.1 Å². The van der Waals surface area contributed by atoms with E-state index in [1.54, 1.807) is 67.6 Å². The van der Waals surface area contributed by atoms with Crippen LogP contribution >= 0.6 is 0 Å². The monoisotopic (exact) mass is 463 g/mol. The summed E-state index contributed by atoms with van der Waals surface area (Å²) in [5, 5.41) is 5.43. The van der Waals surface area contributed by atoms with Crippen LogP contribution in [0, 0.1) is 13.8 Å². The first kappa shape index (κ1) is 23.7. The summed E-state index contributed by atoms with van der Waals surface area (Å²) in [4.78, 5) is 25.5. The van der Waals surface area contributed by atoms with Crippen molar-refractivity contribution >= 4 is 33.2 Å². The largest absolute Gasteiger partial charge is 0.349 e. The number of benzene rings is 3. The zero-order chi connectivity index (χ0) is 24.0. The number of hydrogen-bond donors (Lipinski definition) is 3. The molecule has 0 saturated heterocycles. The maximum atomic E-state index is 13.0. The lowest BCUT2D eigenvalue weighted by Gasteiger charge is -2.15. The van der Waals surface area contributed by atoms with Gasteiger partial charge < -0.3 is 10.6 Å². The minimum absolute atomic E-state index is 0.127. The van der Waals surface area contributed by atoms with Crippen LogP contribution < -0.4 is 15.4 Å². The fourth-order valence-electron chi connectivity index (χ4n) is 3.15. The first-order valence-electron chi connectivity index (χ1n) is 10.2. The van der Waals surface area contributed by atoms with E-state index in [1.807, 2.05) is 6.92 Å². The molecule has 3 rings (SSSR count). The second-order valence-corrected chi connectivity index (χ2v) is 9.08. The molecule has 0 spiro atoms. The van der Waals surface area contributed by atoms with Gasteiger partial charge in [-0.15, -0.1) is 6.58 Å². The lowest BCUT2D eigenvalue weighted by Crippen LogP contribution is -2.25. The van der Waals surface area contributed by atoms with Gasteiger partial charge in [-0.3, -0.25) is 14.3 Å². The Hall–Kier alpha value is -3.91. The molecule has 8 heteroatoms. The molecule has 0 fully saturated rings. The molecule has 2 amide bonds. The number of carbonyl (C=O) groups is 2. The number of anilines is 2. The summed E-state index contributed by atoms with van der Waals surface area (Å²) >= 11 is 0. The normalized spacial score (nSPS) is 10.8. The molecule has 3 N–H and O–H groups in total. The summed E-state index contributed by atoms with van der Waals surface area (Å²) in [6.07, 6.45) is 1.56. The first-order chi connectivity index (χ1) is 15.7. The van der Waals surface area contributed by atoms with Gasteiger partial charge in [0.15, 0.2) is 0 Å². The number of rotatable bonds is 8. The Morgan fingerprint density at radius 1 is 0.848 bits per heavy atom. The molecule has 0 aliphatic carbocycles. The van der Waals surface area contributed by atoms with Crippen molar-refractivity contribution in [1.29, 1.82) is 0 Å². The number of sulfonamides is 1. The fourth-order valence-corrected chi connectivity index (χ4v) is 4.28. The van der Waals surface area contributed by atoms with Crippen LogP contribution in [-0.4, -0.2) is 26.8 Å². The van der Waals surface area contributed by atoms with Crippen LogP contribution in [0.2, 0.25) is 0 Å². The van der Waals surface area contributed by atoms with Gasteiger partial charge >= 0.3 is 0 Å². The van der Waals surface area contributed by atoms with Gasteiger partial charge in [0.05, 0.1) is 21.8 Å². The molecule has 0 saturated carbocycles. The third-order valence-electron chi connectivity index (χ3n) is 4.98. The average molecular weight is 464 g/mol. The van der Waals surface area contributed by atoms with E-state index in [0.29, 0.717) is 29.0 Å². The molecule has 0 aliphatic rings. The third-order valence-corrected chi connectivity index (χ3v) is 6.36. The smallest absolute Gasteiger partial charge is 0.261 e. The SMILES string of the molecule is C=CCNC(=O)c1ccccc1NC(=O)c1cccc(NS(=O)(=O)c2ccc(C)cc2)c1C. The van der Waals surface area contributed by atoms with Gasteiger partial charge in [-0.1, -0.05) is 42.0 Å². The molecule has 170 valence electrons. The van der Waals surface area contributed by atoms with Crippen molar-refractivity contribution in [2.24, 2.45) is 0 Å². The zero-order valence-electron chi connectivity index (χ0n) is 18.4. The molecular formula is C25H25N3O4S. The maximum Gasteiger partial charge on any atom is 0.261 e. The van der Waals surface area contributed by atoms with Crippen LogP contribution in [0.5, 0.6) is 0 Å². The molecule has 0 aromatic heterocycles. The molecule has 0 radical (unpaired) electrons. The molecule has 3 aromatic rings. The van der Waals surface area contributed by atoms with E-state index in [-0.39, 0.29) is 16.4 Å². The summed E-state index contributed by atoms with van der Waals surface area (Å²) in [6, 6.07) is 17.9. The zero-order valence-corrected chi connectivity index (χ0v) is 19.2. The van der Waals surface area contributed by atoms with Crippen molar-refractivity contribution < 1.29 is 18.0 Å². The minimum atomic E-state index is -3.82. The molecule has 0 bridgehead atoms. The Morgan fingerprint density at radius 2 is 1.48 bits per heavy atom. The molecule has 0 aliphatic heterocycles. The number of hydrogen-bond acceptors (Lipinski definition) is 4. The Labute approximate surface area is 193 Å². The minimum Gasteiger partial charge on any atom is -0.349 e. The maximum absolute atomic E-state index is 13.0. The van der Waals surface area contributed by atoms with Gasteiger partial charge in [-0.2, -0.15) is 0 Å². The second-order valence-electron chi connectivity index (χ2n) is 7.40. The fraction of sp³-hybridized carbons (Fsp3) is 0.120. The molecule has 0 atom stereocenters. The van der Waals surface area contributed by atoms with E-state index in [0.717, 1.165) is 5.56 Å². The average Bonchev–Trinajstić information content (AvgIpc) is 2.79. The van der Waals surface area contributed by atoms with Crippen LogP contribution in [0.1, 0.15) is 31.8 Å². The Morgan fingerprint density at radius 3 is 2.18 bits per heavy atom. The van der Waals surface area contributed by atoms with E-state index in [4.69, 9.17) is 0 Å². The highest BCUT2D eigenvalue weighted by molar-refractivity contribution is 7.92. The first-order valence-corrected chi connectivity index (χ1v) is 11.7. The molecule has 0 heterocycles. The number of nitrogens with one attached hydrogen (secondary N) is 3. The summed E-state index contributed by atoms with van der Waals surface area (Å²) in [7, 11) is -3.82. The van der Waals surface area contributed by atoms with E-state index in [2.05, 4.69) is 21.9 Å². The molecule has 7 nitrogen and oxygen atoms in total. The van der Waals surface area contributed by atoms with Crippen molar-refractivity contribution in [2.45, 2.75) is 18.7 Å². The Bertz CT molecular complexity index is 1300. The van der Waals surface area contributed by atoms with E-state index < -0.39 is 15.9 Å². The number of amides is 2. The number of carbonyl (C=O) groups excluding carboxylic acids is 2. The molecular weight excluding hydrogens is 438 g/mol. The van der Waals surface area contributed by atoms with Crippen molar-refractivity contribution in [3.63, 3.8) is 0 Å². The van der Waals surface area contributed by atoms with Gasteiger partial charge in [-0.05, 0) is 55.8 Å². The summed E-state index contributed by atoms with van der Waals surface area (Å²) < 4.78 is 28.1. The summed E-state index contributed by atoms with van der Waals surface area (Å²) in [5.41, 5.74) is 2.62. The third kappa shape index (κ3) is 5.67. The van der Waals surface area contributed by atoms with E-state index in [1.165, 1.54) is 12.1 Å². The Kier molecular flexibility index (Phi) is 7.30. The standard InChI is InChI=1S/C25H25N3O4S/c1-4-16-26-24(29)21-8-5-6-10-23(21)27-25(30)20-9-7-11-22(18(20)3)28-33(31,32)19-14-12-17(2)13-15-19/h4-15,28H,1,16H2,2-3H3,(H,26,29)(H,27,30). The highest BCUT2D eigenvalue weighted by atomic mass is 32.2. The van der Waals surface area contributed by atoms with Crippen LogP contribution in [-0.2, 0) is 10.0 Å². The lowest BCUT2D eigenvalue weighted by molar-refractivity contribution is 0.0959. The summed E-state index contributed by atoms with van der Waals surface area (Å²) in [5.74, 6) is -0.810. The predicted octanol–water partition coefficient (Wildman–Crippen LogP) is 4.27. The molecule has 0 unspecified atom stereocenters. The summed E-state index contributed by atoms with van der Waals surface area (Å²) in [6.45, 7) is 7.39. The number of aryl methyl sites for hydroxylation is 1. The highest BCUT2D eigenvalue weighted by Gasteiger charge is 2.19. The highest BCUT2D eigenvalue weighted by Crippen LogP contribution is 2.24. The lowest BCUT2D eigenvalue weighted by atomic mass is 10.1. The topological polar surface area (TPSA) is 104 Å². The second kappa shape index (κ2) is 10.1. The Balaban J connectivity index is 1.85. The quantitative estimate of drug-likeness (QED) is 0.434. The van der Waals surface area contributed by atoms with Crippen LogP contribution in [0.3, 0.4) is 0 Å². The van der Waals surface area contributed by atoms with Crippen molar-refractivity contribution in [2.75, 3.05) is 16.6 Å². The van der Waals surface area contributed by atoms with Crippen molar-refractivity contribution in [3.05, 3.63) is 102 Å².